The number of carboxylic acids is 1. The van der Waals surface area contributed by atoms with Crippen LogP contribution in [0.3, 0.4) is 0 Å². The van der Waals surface area contributed by atoms with Gasteiger partial charge in [-0.1, -0.05) is 36.4 Å². The van der Waals surface area contributed by atoms with E-state index in [0.717, 1.165) is 12.1 Å². The van der Waals surface area contributed by atoms with Gasteiger partial charge in [0.2, 0.25) is 0 Å². The molecule has 0 radical (unpaired) electrons. The molecule has 1 unspecified atom stereocenters. The molecule has 1 atom stereocenters. The number of rotatable bonds is 9. The number of hydrogen-bond acceptors (Lipinski definition) is 5. The highest BCUT2D eigenvalue weighted by molar-refractivity contribution is 5.91. The summed E-state index contributed by atoms with van der Waals surface area (Å²) < 4.78 is 5.92. The number of H-pyrrole nitrogens is 1. The third-order valence-corrected chi connectivity index (χ3v) is 5.11. The van der Waals surface area contributed by atoms with E-state index < -0.39 is 12.1 Å². The summed E-state index contributed by atoms with van der Waals surface area (Å²) >= 11 is 0. The van der Waals surface area contributed by atoms with E-state index >= 15 is 0 Å². The number of ether oxygens (including phenoxy) is 1. The average molecular weight is 410 g/mol. The molecular formula is C24H29N2O4-. The number of nitrogens with one attached hydrogen (secondary N) is 1. The normalized spacial score (nSPS) is 13.0. The summed E-state index contributed by atoms with van der Waals surface area (Å²) in [6.07, 6.45) is 0.759. The number of fused-ring (bicyclic) bond motifs is 1. The van der Waals surface area contributed by atoms with Crippen molar-refractivity contribution in [2.24, 2.45) is 0 Å². The first-order valence-corrected chi connectivity index (χ1v) is 10.1. The predicted molar refractivity (Wildman–Crippen MR) is 115 cm³/mol. The molecule has 0 bridgehead atoms. The first kappa shape index (κ1) is 21.9. The van der Waals surface area contributed by atoms with Gasteiger partial charge in [0.05, 0.1) is 0 Å². The van der Waals surface area contributed by atoms with Crippen molar-refractivity contribution in [2.45, 2.75) is 45.4 Å². The molecule has 0 amide bonds. The van der Waals surface area contributed by atoms with E-state index in [1.54, 1.807) is 12.3 Å². The maximum absolute atomic E-state index is 11.0. The van der Waals surface area contributed by atoms with Crippen molar-refractivity contribution < 1.29 is 19.7 Å². The van der Waals surface area contributed by atoms with Crippen LogP contribution in [0, 0.1) is 0 Å². The summed E-state index contributed by atoms with van der Waals surface area (Å²) in [7, 11) is 0. The lowest BCUT2D eigenvalue weighted by molar-refractivity contribution is -0.304. The van der Waals surface area contributed by atoms with Crippen LogP contribution in [0.5, 0.6) is 5.75 Å². The van der Waals surface area contributed by atoms with Crippen LogP contribution >= 0.6 is 0 Å². The van der Waals surface area contributed by atoms with E-state index in [1.165, 1.54) is 5.56 Å². The van der Waals surface area contributed by atoms with Gasteiger partial charge < -0.3 is 24.7 Å². The smallest absolute Gasteiger partial charge is 0.129 e. The molecule has 1 aromatic heterocycles. The number of hydrogen-bond donors (Lipinski definition) is 2. The van der Waals surface area contributed by atoms with Gasteiger partial charge in [-0.2, -0.15) is 0 Å². The lowest BCUT2D eigenvalue weighted by Crippen LogP contribution is -2.46. The summed E-state index contributed by atoms with van der Waals surface area (Å²) in [6.45, 7) is 7.65. The number of benzene rings is 2. The molecule has 30 heavy (non-hydrogen) atoms. The minimum atomic E-state index is -1.15. The van der Waals surface area contributed by atoms with Crippen LogP contribution < -0.4 is 9.84 Å². The third-order valence-electron chi connectivity index (χ3n) is 5.11. The maximum atomic E-state index is 11.0. The maximum Gasteiger partial charge on any atom is 0.129 e. The molecule has 6 heteroatoms. The number of carbonyl (C=O) groups excluding carboxylic acids is 1. The van der Waals surface area contributed by atoms with Crippen molar-refractivity contribution in [3.8, 4) is 5.75 Å². The minimum Gasteiger partial charge on any atom is -0.550 e. The zero-order valence-corrected chi connectivity index (χ0v) is 17.7. The molecule has 3 rings (SSSR count). The Morgan fingerprint density at radius 1 is 1.17 bits per heavy atom. The minimum absolute atomic E-state index is 0.108. The van der Waals surface area contributed by atoms with E-state index in [9.17, 15) is 15.0 Å². The second-order valence-corrected chi connectivity index (χ2v) is 8.54. The molecule has 3 aromatic rings. The van der Waals surface area contributed by atoms with Crippen LogP contribution in [0.2, 0.25) is 0 Å². The van der Waals surface area contributed by atoms with Crippen LogP contribution in [0.4, 0.5) is 0 Å². The topological polar surface area (TPSA) is 88.6 Å². The highest BCUT2D eigenvalue weighted by Crippen LogP contribution is 2.29. The van der Waals surface area contributed by atoms with Crippen molar-refractivity contribution in [2.75, 3.05) is 13.2 Å². The Labute approximate surface area is 177 Å². The molecule has 0 aliphatic carbocycles. The van der Waals surface area contributed by atoms with Gasteiger partial charge in [0.15, 0.2) is 0 Å². The van der Waals surface area contributed by atoms with E-state index in [-0.39, 0.29) is 18.6 Å². The zero-order valence-electron chi connectivity index (χ0n) is 17.7. The number of aromatic amines is 1. The molecule has 1 heterocycles. The highest BCUT2D eigenvalue weighted by atomic mass is 16.5. The fourth-order valence-corrected chi connectivity index (χ4v) is 3.51. The van der Waals surface area contributed by atoms with E-state index in [0.29, 0.717) is 23.2 Å². The van der Waals surface area contributed by atoms with E-state index in [4.69, 9.17) is 4.74 Å². The number of aromatic nitrogens is 1. The van der Waals surface area contributed by atoms with E-state index in [1.807, 2.05) is 30.3 Å². The molecule has 0 saturated heterocycles. The molecule has 2 aromatic carbocycles. The van der Waals surface area contributed by atoms with Crippen LogP contribution in [0.1, 0.15) is 31.9 Å². The Kier molecular flexibility index (Phi) is 6.80. The predicted octanol–water partition coefficient (Wildman–Crippen LogP) is 2.50. The summed E-state index contributed by atoms with van der Waals surface area (Å²) in [5.74, 6) is -0.595. The molecule has 2 N–H and O–H groups in total. The Morgan fingerprint density at radius 2 is 1.90 bits per heavy atom. The second-order valence-electron chi connectivity index (χ2n) is 8.54. The fraction of sp³-hybridized carbons (Fsp3) is 0.375. The first-order valence-electron chi connectivity index (χ1n) is 10.1. The van der Waals surface area contributed by atoms with Crippen LogP contribution in [0.15, 0.2) is 54.7 Å². The van der Waals surface area contributed by atoms with Gasteiger partial charge in [-0.05, 0) is 44.0 Å². The van der Waals surface area contributed by atoms with Crippen molar-refractivity contribution in [1.82, 2.24) is 9.88 Å². The number of aliphatic carboxylic acids is 1. The monoisotopic (exact) mass is 409 g/mol. The third kappa shape index (κ3) is 5.62. The van der Waals surface area contributed by atoms with Gasteiger partial charge in [0.25, 0.3) is 0 Å². The lowest BCUT2D eigenvalue weighted by atomic mass is 10.0. The fourth-order valence-electron chi connectivity index (χ4n) is 3.51. The molecule has 0 saturated carbocycles. The lowest BCUT2D eigenvalue weighted by Gasteiger charge is -2.37. The summed E-state index contributed by atoms with van der Waals surface area (Å²) in [6, 6.07) is 15.6. The van der Waals surface area contributed by atoms with Crippen molar-refractivity contribution >= 4 is 16.9 Å². The number of β-amino-alcohol motifs (C(OH)–C–C–N with tert-alkyl or cyclic N) is 1. The van der Waals surface area contributed by atoms with Crippen LogP contribution in [-0.2, 0) is 17.8 Å². The molecule has 160 valence electrons. The Hall–Kier alpha value is -2.83. The molecule has 0 fully saturated rings. The largest absolute Gasteiger partial charge is 0.550 e. The Balaban J connectivity index is 1.69. The number of nitrogens with zero attached hydrogens (tertiary/aromatic N) is 1. The number of carboxylic acid groups (broad SMARTS) is 1. The molecule has 0 aliphatic rings. The van der Waals surface area contributed by atoms with Gasteiger partial charge in [0.1, 0.15) is 18.5 Å². The van der Waals surface area contributed by atoms with Gasteiger partial charge in [-0.15, -0.1) is 0 Å². The van der Waals surface area contributed by atoms with Crippen molar-refractivity contribution in [3.63, 3.8) is 0 Å². The summed E-state index contributed by atoms with van der Waals surface area (Å²) in [4.78, 5) is 16.3. The number of aliphatic hydroxyl groups is 1. The van der Waals surface area contributed by atoms with Gasteiger partial charge in [0, 0.05) is 48.1 Å². The molecule has 0 aliphatic heterocycles. The number of aliphatic hydroxyl groups excluding tert-OH is 1. The summed E-state index contributed by atoms with van der Waals surface area (Å²) in [5.41, 5.74) is 2.46. The zero-order chi connectivity index (χ0) is 21.7. The summed E-state index contributed by atoms with van der Waals surface area (Å²) in [5, 5.41) is 22.4. The molecule has 6 nitrogen and oxygen atoms in total. The van der Waals surface area contributed by atoms with Crippen LogP contribution in [0.25, 0.3) is 10.9 Å². The van der Waals surface area contributed by atoms with Crippen LogP contribution in [-0.4, -0.2) is 45.8 Å². The van der Waals surface area contributed by atoms with Gasteiger partial charge in [-0.25, -0.2) is 0 Å². The average Bonchev–Trinajstić information content (AvgIpc) is 3.09. The van der Waals surface area contributed by atoms with Gasteiger partial charge >= 0.3 is 0 Å². The SMILES string of the molecule is CC(C)(C)N(Cc1ccccc1)CC(O)COc1cccc2[nH]cc(CC(=O)[O-])c12. The van der Waals surface area contributed by atoms with E-state index in [2.05, 4.69) is 42.8 Å². The number of carbonyl (C=O) groups is 1. The molecular weight excluding hydrogens is 380 g/mol. The molecule has 0 spiro atoms. The van der Waals surface area contributed by atoms with Gasteiger partial charge in [-0.3, -0.25) is 4.90 Å². The quantitative estimate of drug-likeness (QED) is 0.567. The Bertz CT molecular complexity index is 976. The van der Waals surface area contributed by atoms with Crippen molar-refractivity contribution in [1.29, 1.82) is 0 Å². The first-order chi connectivity index (χ1) is 14.2. The highest BCUT2D eigenvalue weighted by Gasteiger charge is 2.24. The Morgan fingerprint density at radius 3 is 2.57 bits per heavy atom. The second kappa shape index (κ2) is 9.32. The standard InChI is InChI=1S/C24H30N2O4/c1-24(2,3)26(14-17-8-5-4-6-9-17)15-19(27)16-30-21-11-7-10-20-23(21)18(13-25-20)12-22(28)29/h4-11,13,19,25,27H,12,14-16H2,1-3H3,(H,28,29)/p-1. The van der Waals surface area contributed by atoms with Crippen molar-refractivity contribution in [3.05, 3.63) is 65.9 Å².